The van der Waals surface area contributed by atoms with E-state index in [0.29, 0.717) is 11.7 Å². The Bertz CT molecular complexity index is 673. The number of aryl methyl sites for hydroxylation is 1. The van der Waals surface area contributed by atoms with E-state index in [9.17, 15) is 0 Å². The molecule has 0 radical (unpaired) electrons. The highest BCUT2D eigenvalue weighted by atomic mass is 16.5. The van der Waals surface area contributed by atoms with Crippen molar-refractivity contribution in [3.63, 3.8) is 0 Å². The first-order valence-electron chi connectivity index (χ1n) is 5.86. The van der Waals surface area contributed by atoms with Crippen LogP contribution in [0.5, 0.6) is 0 Å². The molecule has 0 aliphatic carbocycles. The molecule has 1 aromatic carbocycles. The van der Waals surface area contributed by atoms with Crippen LogP contribution < -0.4 is 5.73 Å². The Morgan fingerprint density at radius 3 is 2.74 bits per heavy atom. The zero-order valence-electron chi connectivity index (χ0n) is 10.4. The quantitative estimate of drug-likeness (QED) is 0.767. The lowest BCUT2D eigenvalue weighted by molar-refractivity contribution is 0.367. The van der Waals surface area contributed by atoms with Gasteiger partial charge in [0.2, 0.25) is 11.7 Å². The van der Waals surface area contributed by atoms with E-state index >= 15 is 0 Å². The van der Waals surface area contributed by atoms with Gasteiger partial charge in [-0.15, -0.1) is 0 Å². The highest BCUT2D eigenvalue weighted by Gasteiger charge is 2.18. The van der Waals surface area contributed by atoms with E-state index in [1.807, 2.05) is 41.9 Å². The van der Waals surface area contributed by atoms with Crippen molar-refractivity contribution in [1.29, 1.82) is 0 Å². The minimum atomic E-state index is -0.421. The summed E-state index contributed by atoms with van der Waals surface area (Å²) in [6.45, 7) is 0. The fourth-order valence-corrected chi connectivity index (χ4v) is 1.84. The summed E-state index contributed by atoms with van der Waals surface area (Å²) in [6.07, 6.45) is 3.37. The van der Waals surface area contributed by atoms with E-state index in [0.717, 1.165) is 11.3 Å². The van der Waals surface area contributed by atoms with E-state index in [4.69, 9.17) is 10.3 Å². The number of nitrogens with zero attached hydrogens (tertiary/aromatic N) is 4. The number of imidazole rings is 1. The second-order valence-electron chi connectivity index (χ2n) is 4.23. The molecule has 0 aliphatic heterocycles. The Morgan fingerprint density at radius 1 is 1.26 bits per heavy atom. The largest absolute Gasteiger partial charge is 0.337 e. The molecule has 0 aliphatic rings. The van der Waals surface area contributed by atoms with Crippen molar-refractivity contribution in [2.24, 2.45) is 12.8 Å². The van der Waals surface area contributed by atoms with Crippen LogP contribution in [0.3, 0.4) is 0 Å². The first-order valence-corrected chi connectivity index (χ1v) is 5.86. The van der Waals surface area contributed by atoms with Gasteiger partial charge in [-0.2, -0.15) is 4.98 Å². The summed E-state index contributed by atoms with van der Waals surface area (Å²) in [6, 6.07) is 9.22. The van der Waals surface area contributed by atoms with Crippen LogP contribution in [0.2, 0.25) is 0 Å². The van der Waals surface area contributed by atoms with Gasteiger partial charge >= 0.3 is 0 Å². The molecule has 3 rings (SSSR count). The topological polar surface area (TPSA) is 82.8 Å². The summed E-state index contributed by atoms with van der Waals surface area (Å²) >= 11 is 0. The van der Waals surface area contributed by atoms with Gasteiger partial charge in [0.15, 0.2) is 0 Å². The maximum absolute atomic E-state index is 6.10. The van der Waals surface area contributed by atoms with Crippen molar-refractivity contribution in [3.8, 4) is 11.5 Å². The lowest BCUT2D eigenvalue weighted by Gasteiger charge is -2.05. The van der Waals surface area contributed by atoms with Crippen molar-refractivity contribution in [1.82, 2.24) is 19.7 Å². The molecule has 6 heteroatoms. The molecule has 0 saturated carbocycles. The minimum absolute atomic E-state index is 0.391. The molecule has 0 fully saturated rings. The van der Waals surface area contributed by atoms with Gasteiger partial charge in [-0.05, 0) is 5.56 Å². The number of benzene rings is 1. The van der Waals surface area contributed by atoms with Crippen LogP contribution in [0.4, 0.5) is 0 Å². The first-order chi connectivity index (χ1) is 9.25. The molecular weight excluding hydrogens is 242 g/mol. The van der Waals surface area contributed by atoms with E-state index in [2.05, 4.69) is 15.1 Å². The van der Waals surface area contributed by atoms with Crippen LogP contribution in [0.1, 0.15) is 17.5 Å². The standard InChI is InChI=1S/C13H13N5O/c1-18-8-15-7-10(18)12-16-13(19-17-12)11(14)9-5-3-2-4-6-9/h2-8,11H,14H2,1H3/t11-/m1/s1. The molecule has 2 heterocycles. The van der Waals surface area contributed by atoms with Crippen LogP contribution in [0.15, 0.2) is 47.4 Å². The van der Waals surface area contributed by atoms with Gasteiger partial charge < -0.3 is 14.8 Å². The lowest BCUT2D eigenvalue weighted by atomic mass is 10.1. The van der Waals surface area contributed by atoms with Crippen molar-refractivity contribution >= 4 is 0 Å². The number of rotatable bonds is 3. The normalized spacial score (nSPS) is 12.5. The van der Waals surface area contributed by atoms with Gasteiger partial charge in [0.25, 0.3) is 0 Å². The number of nitrogens with two attached hydrogens (primary N) is 1. The molecule has 2 aromatic heterocycles. The van der Waals surface area contributed by atoms with Crippen LogP contribution in [0, 0.1) is 0 Å². The summed E-state index contributed by atoms with van der Waals surface area (Å²) in [5.74, 6) is 0.879. The van der Waals surface area contributed by atoms with E-state index < -0.39 is 6.04 Å². The predicted molar refractivity (Wildman–Crippen MR) is 69.0 cm³/mol. The van der Waals surface area contributed by atoms with Crippen molar-refractivity contribution in [2.45, 2.75) is 6.04 Å². The van der Waals surface area contributed by atoms with Crippen LogP contribution in [0.25, 0.3) is 11.5 Å². The van der Waals surface area contributed by atoms with Crippen LogP contribution in [-0.2, 0) is 7.05 Å². The lowest BCUT2D eigenvalue weighted by Crippen LogP contribution is -2.12. The Kier molecular flexibility index (Phi) is 2.85. The van der Waals surface area contributed by atoms with Gasteiger partial charge in [-0.1, -0.05) is 35.5 Å². The maximum Gasteiger partial charge on any atom is 0.248 e. The number of aromatic nitrogens is 4. The molecule has 96 valence electrons. The summed E-state index contributed by atoms with van der Waals surface area (Å²) in [4.78, 5) is 8.35. The smallest absolute Gasteiger partial charge is 0.248 e. The summed E-state index contributed by atoms with van der Waals surface area (Å²) in [7, 11) is 1.87. The molecule has 0 unspecified atom stereocenters. The third kappa shape index (κ3) is 2.13. The van der Waals surface area contributed by atoms with Gasteiger partial charge in [-0.3, -0.25) is 0 Å². The number of hydrogen-bond donors (Lipinski definition) is 1. The Labute approximate surface area is 109 Å². The first kappa shape index (κ1) is 11.6. The van der Waals surface area contributed by atoms with Gasteiger partial charge in [0.05, 0.1) is 12.5 Å². The third-order valence-electron chi connectivity index (χ3n) is 2.91. The Balaban J connectivity index is 1.92. The SMILES string of the molecule is Cn1cncc1-c1noc([C@H](N)c2ccccc2)n1. The molecular formula is C13H13N5O. The molecule has 0 spiro atoms. The van der Waals surface area contributed by atoms with Gasteiger partial charge in [-0.25, -0.2) is 4.98 Å². The fraction of sp³-hybridized carbons (Fsp3) is 0.154. The summed E-state index contributed by atoms with van der Waals surface area (Å²) < 4.78 is 7.05. The average Bonchev–Trinajstić information content (AvgIpc) is 3.07. The maximum atomic E-state index is 6.10. The summed E-state index contributed by atoms with van der Waals surface area (Å²) in [5, 5.41) is 3.94. The third-order valence-corrected chi connectivity index (χ3v) is 2.91. The van der Waals surface area contributed by atoms with Crippen LogP contribution in [-0.4, -0.2) is 19.7 Å². The highest BCUT2D eigenvalue weighted by Crippen LogP contribution is 2.21. The molecule has 3 aromatic rings. The van der Waals surface area contributed by atoms with Crippen molar-refractivity contribution < 1.29 is 4.52 Å². The van der Waals surface area contributed by atoms with Crippen LogP contribution >= 0.6 is 0 Å². The zero-order valence-corrected chi connectivity index (χ0v) is 10.4. The fourth-order valence-electron chi connectivity index (χ4n) is 1.84. The molecule has 1 atom stereocenters. The predicted octanol–water partition coefficient (Wildman–Crippen LogP) is 1.52. The highest BCUT2D eigenvalue weighted by molar-refractivity contribution is 5.47. The second-order valence-corrected chi connectivity index (χ2v) is 4.23. The van der Waals surface area contributed by atoms with Gasteiger partial charge in [0, 0.05) is 7.05 Å². The van der Waals surface area contributed by atoms with Crippen molar-refractivity contribution in [2.75, 3.05) is 0 Å². The van der Waals surface area contributed by atoms with E-state index in [1.165, 1.54) is 0 Å². The second kappa shape index (κ2) is 4.66. The summed E-state index contributed by atoms with van der Waals surface area (Å²) in [5.41, 5.74) is 7.82. The molecule has 0 bridgehead atoms. The Hall–Kier alpha value is -2.47. The zero-order chi connectivity index (χ0) is 13.2. The number of hydrogen-bond acceptors (Lipinski definition) is 5. The molecule has 19 heavy (non-hydrogen) atoms. The minimum Gasteiger partial charge on any atom is -0.337 e. The van der Waals surface area contributed by atoms with E-state index in [-0.39, 0.29) is 0 Å². The molecule has 2 N–H and O–H groups in total. The van der Waals surface area contributed by atoms with E-state index in [1.54, 1.807) is 12.5 Å². The Morgan fingerprint density at radius 2 is 2.05 bits per heavy atom. The molecule has 6 nitrogen and oxygen atoms in total. The van der Waals surface area contributed by atoms with Crippen molar-refractivity contribution in [3.05, 3.63) is 54.3 Å². The molecule has 0 saturated heterocycles. The average molecular weight is 255 g/mol. The van der Waals surface area contributed by atoms with Gasteiger partial charge in [0.1, 0.15) is 11.7 Å². The molecule has 0 amide bonds. The monoisotopic (exact) mass is 255 g/mol.